The summed E-state index contributed by atoms with van der Waals surface area (Å²) >= 11 is 1.49. The average molecular weight is 276 g/mol. The van der Waals surface area contributed by atoms with Crippen LogP contribution in [0, 0.1) is 5.92 Å². The van der Waals surface area contributed by atoms with E-state index < -0.39 is 0 Å². The minimum absolute atomic E-state index is 0.0598. The molecule has 0 aromatic heterocycles. The van der Waals surface area contributed by atoms with Gasteiger partial charge in [0.1, 0.15) is 5.44 Å². The normalized spacial score (nSPS) is 14.2. The highest BCUT2D eigenvalue weighted by molar-refractivity contribution is 8.00. The van der Waals surface area contributed by atoms with Crippen molar-refractivity contribution >= 4 is 17.7 Å². The van der Waals surface area contributed by atoms with Gasteiger partial charge in [0.15, 0.2) is 0 Å². The maximum absolute atomic E-state index is 11.5. The molecule has 0 aliphatic rings. The molecule has 0 aromatic carbocycles. The third-order valence-electron chi connectivity index (χ3n) is 2.86. The predicted octanol–water partition coefficient (Wildman–Crippen LogP) is 3.86. The van der Waals surface area contributed by atoms with Crippen LogP contribution in [0.5, 0.6) is 0 Å². The molecule has 0 saturated carbocycles. The van der Waals surface area contributed by atoms with Crippen LogP contribution in [0.1, 0.15) is 53.4 Å². The van der Waals surface area contributed by atoms with Crippen LogP contribution >= 0.6 is 11.8 Å². The average Bonchev–Trinajstić information content (AvgIpc) is 2.37. The first kappa shape index (κ1) is 17.8. The molecular weight excluding hydrogens is 248 g/mol. The van der Waals surface area contributed by atoms with Crippen molar-refractivity contribution in [3.63, 3.8) is 0 Å². The quantitative estimate of drug-likeness (QED) is 0.424. The van der Waals surface area contributed by atoms with Gasteiger partial charge in [0.25, 0.3) is 0 Å². The third kappa shape index (κ3) is 9.77. The zero-order valence-electron chi connectivity index (χ0n) is 12.2. The van der Waals surface area contributed by atoms with Crippen molar-refractivity contribution in [1.29, 1.82) is 0 Å². The lowest BCUT2D eigenvalue weighted by molar-refractivity contribution is -0.141. The van der Waals surface area contributed by atoms with E-state index in [2.05, 4.69) is 13.8 Å². The summed E-state index contributed by atoms with van der Waals surface area (Å²) in [6, 6.07) is 0. The molecule has 0 fully saturated rings. The zero-order valence-corrected chi connectivity index (χ0v) is 13.1. The first-order valence-corrected chi connectivity index (χ1v) is 8.07. The van der Waals surface area contributed by atoms with E-state index >= 15 is 0 Å². The molecule has 4 heteroatoms. The van der Waals surface area contributed by atoms with Crippen molar-refractivity contribution in [3.8, 4) is 0 Å². The molecule has 3 nitrogen and oxygen atoms in total. The molecule has 108 valence electrons. The first-order valence-electron chi connectivity index (χ1n) is 7.02. The lowest BCUT2D eigenvalue weighted by atomic mass is 10.0. The Morgan fingerprint density at radius 2 is 2.00 bits per heavy atom. The maximum Gasteiger partial charge on any atom is 0.315 e. The number of rotatable bonds is 11. The largest absolute Gasteiger partial charge is 0.465 e. The van der Waals surface area contributed by atoms with Gasteiger partial charge in [0.05, 0.1) is 12.4 Å². The highest BCUT2D eigenvalue weighted by Crippen LogP contribution is 2.15. The van der Waals surface area contributed by atoms with E-state index in [0.717, 1.165) is 12.8 Å². The lowest BCUT2D eigenvalue weighted by Gasteiger charge is -2.15. The Bertz CT molecular complexity index is 209. The van der Waals surface area contributed by atoms with Gasteiger partial charge in [0.2, 0.25) is 0 Å². The summed E-state index contributed by atoms with van der Waals surface area (Å²) in [7, 11) is 0. The summed E-state index contributed by atoms with van der Waals surface area (Å²) in [5.74, 6) is 0.774. The van der Waals surface area contributed by atoms with Crippen molar-refractivity contribution in [1.82, 2.24) is 0 Å². The molecule has 2 unspecified atom stereocenters. The van der Waals surface area contributed by atoms with E-state index in [4.69, 9.17) is 9.47 Å². The number of carbonyl (C=O) groups excluding carboxylic acids is 1. The van der Waals surface area contributed by atoms with Crippen molar-refractivity contribution in [2.45, 2.75) is 58.8 Å². The molecular formula is C14H28O3S. The number of hydrogen-bond donors (Lipinski definition) is 0. The predicted molar refractivity (Wildman–Crippen MR) is 77.8 cm³/mol. The molecule has 0 radical (unpaired) electrons. The monoisotopic (exact) mass is 276 g/mol. The van der Waals surface area contributed by atoms with Crippen LogP contribution < -0.4 is 0 Å². The molecule has 0 aliphatic heterocycles. The van der Waals surface area contributed by atoms with Gasteiger partial charge in [-0.2, -0.15) is 0 Å². The topological polar surface area (TPSA) is 35.5 Å². The molecule has 0 heterocycles. The fraction of sp³-hybridized carbons (Fsp3) is 0.929. The van der Waals surface area contributed by atoms with Gasteiger partial charge in [-0.25, -0.2) is 0 Å². The molecule has 2 atom stereocenters. The Hall–Kier alpha value is -0.220. The maximum atomic E-state index is 11.5. The van der Waals surface area contributed by atoms with Crippen LogP contribution in [-0.4, -0.2) is 30.4 Å². The van der Waals surface area contributed by atoms with Gasteiger partial charge < -0.3 is 9.47 Å². The number of carbonyl (C=O) groups is 1. The van der Waals surface area contributed by atoms with Crippen molar-refractivity contribution in [2.75, 3.05) is 19.0 Å². The highest BCUT2D eigenvalue weighted by Gasteiger charge is 2.11. The second-order valence-electron chi connectivity index (χ2n) is 4.43. The Balaban J connectivity index is 3.67. The summed E-state index contributed by atoms with van der Waals surface area (Å²) < 4.78 is 10.7. The number of hydrogen-bond acceptors (Lipinski definition) is 4. The van der Waals surface area contributed by atoms with E-state index in [0.29, 0.717) is 24.9 Å². The second kappa shape index (κ2) is 11.8. The number of unbranched alkanes of at least 4 members (excludes halogenated alkanes) is 1. The van der Waals surface area contributed by atoms with Crippen LogP contribution in [0.3, 0.4) is 0 Å². The SMILES string of the molecule is CCCCC(CC)COC(=O)CSC(C)OCC. The second-order valence-corrected chi connectivity index (χ2v) is 5.72. The van der Waals surface area contributed by atoms with E-state index in [1.807, 2.05) is 13.8 Å². The van der Waals surface area contributed by atoms with Gasteiger partial charge in [0, 0.05) is 6.61 Å². The van der Waals surface area contributed by atoms with Crippen LogP contribution in [0.15, 0.2) is 0 Å². The molecule has 0 bridgehead atoms. The number of ether oxygens (including phenoxy) is 2. The summed E-state index contributed by atoms with van der Waals surface area (Å²) in [5.41, 5.74) is 0.0598. The minimum Gasteiger partial charge on any atom is -0.465 e. The van der Waals surface area contributed by atoms with Gasteiger partial charge in [-0.3, -0.25) is 4.79 Å². The lowest BCUT2D eigenvalue weighted by Crippen LogP contribution is -2.16. The molecule has 0 spiro atoms. The summed E-state index contributed by atoms with van der Waals surface area (Å²) in [6.45, 7) is 9.49. The fourth-order valence-corrected chi connectivity index (χ4v) is 2.31. The third-order valence-corrected chi connectivity index (χ3v) is 3.87. The van der Waals surface area contributed by atoms with E-state index in [1.165, 1.54) is 24.6 Å². The number of esters is 1. The first-order chi connectivity index (χ1) is 8.63. The Labute approximate surface area is 116 Å². The molecule has 0 rings (SSSR count). The molecule has 0 saturated heterocycles. The Morgan fingerprint density at radius 3 is 2.56 bits per heavy atom. The smallest absolute Gasteiger partial charge is 0.315 e. The molecule has 0 amide bonds. The van der Waals surface area contributed by atoms with Crippen molar-refractivity contribution in [2.24, 2.45) is 5.92 Å². The fourth-order valence-electron chi connectivity index (χ4n) is 1.62. The van der Waals surface area contributed by atoms with E-state index in [9.17, 15) is 4.79 Å². The van der Waals surface area contributed by atoms with Gasteiger partial charge in [-0.05, 0) is 26.2 Å². The number of thioether (sulfide) groups is 1. The van der Waals surface area contributed by atoms with Crippen LogP contribution in [0.4, 0.5) is 0 Å². The summed E-state index contributed by atoms with van der Waals surface area (Å²) in [5, 5.41) is 0. The standard InChI is InChI=1S/C14H28O3S/c1-5-8-9-13(6-2)10-17-14(15)11-18-12(4)16-7-3/h12-13H,5-11H2,1-4H3. The van der Waals surface area contributed by atoms with Crippen molar-refractivity contribution in [3.05, 3.63) is 0 Å². The van der Waals surface area contributed by atoms with Crippen LogP contribution in [0.25, 0.3) is 0 Å². The molecule has 0 aromatic rings. The van der Waals surface area contributed by atoms with Crippen LogP contribution in [-0.2, 0) is 14.3 Å². The highest BCUT2D eigenvalue weighted by atomic mass is 32.2. The minimum atomic E-state index is -0.124. The van der Waals surface area contributed by atoms with Crippen molar-refractivity contribution < 1.29 is 14.3 Å². The Kier molecular flexibility index (Phi) is 11.7. The molecule has 0 N–H and O–H groups in total. The van der Waals surface area contributed by atoms with Gasteiger partial charge in [-0.1, -0.05) is 33.1 Å². The van der Waals surface area contributed by atoms with Gasteiger partial charge in [-0.15, -0.1) is 11.8 Å². The zero-order chi connectivity index (χ0) is 13.8. The molecule has 0 aliphatic carbocycles. The molecule has 18 heavy (non-hydrogen) atoms. The van der Waals surface area contributed by atoms with E-state index in [-0.39, 0.29) is 11.4 Å². The van der Waals surface area contributed by atoms with Crippen LogP contribution in [0.2, 0.25) is 0 Å². The van der Waals surface area contributed by atoms with E-state index in [1.54, 1.807) is 0 Å². The summed E-state index contributed by atoms with van der Waals surface area (Å²) in [4.78, 5) is 11.5. The Morgan fingerprint density at radius 1 is 1.28 bits per heavy atom. The summed E-state index contributed by atoms with van der Waals surface area (Å²) in [6.07, 6.45) is 4.65. The van der Waals surface area contributed by atoms with Gasteiger partial charge >= 0.3 is 5.97 Å².